The number of aliphatic imine (C=N–C) groups is 1. The lowest BCUT2D eigenvalue weighted by Gasteiger charge is -2.24. The molecule has 1 heterocycles. The average Bonchev–Trinajstić information content (AvgIpc) is 3.50. The number of H-pyrrole nitrogens is 1. The Morgan fingerprint density at radius 1 is 0.780 bits per heavy atom. The lowest BCUT2D eigenvalue weighted by atomic mass is 10.0. The highest BCUT2D eigenvalue weighted by molar-refractivity contribution is 5.95. The molecular formula is C34H48N10O6. The number of aromatic amines is 1. The third-order valence-corrected chi connectivity index (χ3v) is 7.95. The van der Waals surface area contributed by atoms with Crippen molar-refractivity contribution in [3.8, 4) is 0 Å². The molecule has 3 rings (SSSR count). The molecule has 16 heteroatoms. The molecule has 14 N–H and O–H groups in total. The Hall–Kier alpha value is -5.48. The van der Waals surface area contributed by atoms with Crippen molar-refractivity contribution < 1.29 is 29.1 Å². The van der Waals surface area contributed by atoms with E-state index in [1.54, 1.807) is 6.20 Å². The predicted molar refractivity (Wildman–Crippen MR) is 189 cm³/mol. The lowest BCUT2D eigenvalue weighted by molar-refractivity contribution is -0.142. The van der Waals surface area contributed by atoms with Gasteiger partial charge in [0.05, 0.1) is 12.6 Å². The summed E-state index contributed by atoms with van der Waals surface area (Å²) in [5.41, 5.74) is 24.9. The number of rotatable bonds is 21. The molecule has 4 amide bonds. The summed E-state index contributed by atoms with van der Waals surface area (Å²) in [6, 6.07) is 12.2. The van der Waals surface area contributed by atoms with Crippen LogP contribution in [0.5, 0.6) is 0 Å². The van der Waals surface area contributed by atoms with E-state index >= 15 is 0 Å². The van der Waals surface area contributed by atoms with Gasteiger partial charge in [0.25, 0.3) is 0 Å². The van der Waals surface area contributed by atoms with Crippen molar-refractivity contribution in [3.05, 3.63) is 71.9 Å². The fourth-order valence-corrected chi connectivity index (χ4v) is 5.30. The van der Waals surface area contributed by atoms with Crippen LogP contribution < -0.4 is 44.2 Å². The van der Waals surface area contributed by atoms with Gasteiger partial charge in [0.2, 0.25) is 23.6 Å². The molecular weight excluding hydrogens is 644 g/mol. The van der Waals surface area contributed by atoms with Gasteiger partial charge >= 0.3 is 5.97 Å². The summed E-state index contributed by atoms with van der Waals surface area (Å²) in [7, 11) is 0. The van der Waals surface area contributed by atoms with Crippen LogP contribution in [0.25, 0.3) is 10.9 Å². The molecule has 4 atom stereocenters. The Kier molecular flexibility index (Phi) is 15.7. The topological polar surface area (TPSA) is 286 Å². The Morgan fingerprint density at radius 3 is 2.16 bits per heavy atom. The smallest absolute Gasteiger partial charge is 0.326 e. The van der Waals surface area contributed by atoms with E-state index in [2.05, 4.69) is 31.2 Å². The molecule has 0 bridgehead atoms. The van der Waals surface area contributed by atoms with Gasteiger partial charge in [0.15, 0.2) is 5.96 Å². The number of hydrogen-bond donors (Lipinski definition) is 10. The maximum Gasteiger partial charge on any atom is 0.326 e. The first-order valence-corrected chi connectivity index (χ1v) is 16.5. The normalized spacial score (nSPS) is 13.3. The first-order chi connectivity index (χ1) is 24.0. The Labute approximate surface area is 290 Å². The molecule has 3 aromatic rings. The summed E-state index contributed by atoms with van der Waals surface area (Å²) in [5.74, 6) is -3.96. The van der Waals surface area contributed by atoms with E-state index in [1.165, 1.54) is 0 Å². The summed E-state index contributed by atoms with van der Waals surface area (Å²) in [6.07, 6.45) is 3.70. The molecule has 50 heavy (non-hydrogen) atoms. The fraction of sp³-hybridized carbons (Fsp3) is 0.412. The highest BCUT2D eigenvalue weighted by Crippen LogP contribution is 2.19. The zero-order valence-corrected chi connectivity index (χ0v) is 27.9. The molecule has 0 aliphatic rings. The summed E-state index contributed by atoms with van der Waals surface area (Å²) in [6.45, 7) is 0.0456. The van der Waals surface area contributed by atoms with E-state index in [9.17, 15) is 29.1 Å². The minimum absolute atomic E-state index is 0.0300. The molecule has 270 valence electrons. The number of para-hydroxylation sites is 1. The maximum atomic E-state index is 13.8. The van der Waals surface area contributed by atoms with Crippen LogP contribution in [0.3, 0.4) is 0 Å². The number of carboxylic acid groups (broad SMARTS) is 1. The van der Waals surface area contributed by atoms with Gasteiger partial charge in [-0.3, -0.25) is 24.2 Å². The molecule has 0 fully saturated rings. The number of fused-ring (bicyclic) bond motifs is 1. The molecule has 0 spiro atoms. The van der Waals surface area contributed by atoms with E-state index in [1.807, 2.05) is 54.6 Å². The Balaban J connectivity index is 1.77. The first kappa shape index (κ1) is 39.0. The second-order valence-electron chi connectivity index (χ2n) is 11.9. The first-order valence-electron chi connectivity index (χ1n) is 16.5. The molecule has 0 saturated carbocycles. The van der Waals surface area contributed by atoms with Crippen LogP contribution in [0.4, 0.5) is 0 Å². The molecule has 0 unspecified atom stereocenters. The zero-order valence-electron chi connectivity index (χ0n) is 27.9. The van der Waals surface area contributed by atoms with E-state index in [0.29, 0.717) is 25.8 Å². The fourth-order valence-electron chi connectivity index (χ4n) is 5.30. The van der Waals surface area contributed by atoms with Crippen molar-refractivity contribution in [2.45, 2.75) is 69.1 Å². The summed E-state index contributed by atoms with van der Waals surface area (Å²) in [4.78, 5) is 71.9. The van der Waals surface area contributed by atoms with Crippen LogP contribution in [0.2, 0.25) is 0 Å². The van der Waals surface area contributed by atoms with Gasteiger partial charge < -0.3 is 54.3 Å². The number of carboxylic acids is 1. The SMILES string of the molecule is NCCCC[C@H](NC(=O)CNC(=O)[C@H](Cc1c[nH]c2ccccc12)NC(=O)[C@H](CCCN=C(N)N)NC(=O)[C@@H](N)Cc1ccccc1)C(=O)O. The number of guanidine groups is 1. The quantitative estimate of drug-likeness (QED) is 0.0374. The maximum absolute atomic E-state index is 13.8. The second kappa shape index (κ2) is 20.1. The number of aromatic nitrogens is 1. The average molecular weight is 693 g/mol. The number of hydrogen-bond acceptors (Lipinski definition) is 8. The van der Waals surface area contributed by atoms with Gasteiger partial charge in [-0.2, -0.15) is 0 Å². The van der Waals surface area contributed by atoms with Gasteiger partial charge in [0.1, 0.15) is 18.1 Å². The van der Waals surface area contributed by atoms with Crippen molar-refractivity contribution in [1.82, 2.24) is 26.3 Å². The highest BCUT2D eigenvalue weighted by atomic mass is 16.4. The number of aliphatic carboxylic acids is 1. The van der Waals surface area contributed by atoms with E-state index in [4.69, 9.17) is 22.9 Å². The van der Waals surface area contributed by atoms with Crippen LogP contribution in [-0.4, -0.2) is 89.4 Å². The Morgan fingerprint density at radius 2 is 1.46 bits per heavy atom. The number of nitrogens with zero attached hydrogens (tertiary/aromatic N) is 1. The summed E-state index contributed by atoms with van der Waals surface area (Å²) in [5, 5.41) is 20.7. The van der Waals surface area contributed by atoms with Crippen molar-refractivity contribution in [3.63, 3.8) is 0 Å². The molecule has 0 aliphatic heterocycles. The van der Waals surface area contributed by atoms with Crippen LogP contribution in [0.15, 0.2) is 65.8 Å². The van der Waals surface area contributed by atoms with E-state index in [-0.39, 0.29) is 38.2 Å². The monoisotopic (exact) mass is 692 g/mol. The Bertz CT molecular complexity index is 1610. The van der Waals surface area contributed by atoms with Crippen LogP contribution in [-0.2, 0) is 36.8 Å². The third-order valence-electron chi connectivity index (χ3n) is 7.95. The van der Waals surface area contributed by atoms with Crippen molar-refractivity contribution in [2.75, 3.05) is 19.6 Å². The van der Waals surface area contributed by atoms with Crippen molar-refractivity contribution in [2.24, 2.45) is 27.9 Å². The van der Waals surface area contributed by atoms with Gasteiger partial charge in [-0.05, 0) is 62.3 Å². The molecule has 2 aromatic carbocycles. The van der Waals surface area contributed by atoms with Crippen molar-refractivity contribution in [1.29, 1.82) is 0 Å². The van der Waals surface area contributed by atoms with Crippen LogP contribution in [0, 0.1) is 0 Å². The lowest BCUT2D eigenvalue weighted by Crippen LogP contribution is -2.57. The minimum atomic E-state index is -1.21. The van der Waals surface area contributed by atoms with E-state index < -0.39 is 60.3 Å². The number of amides is 4. The number of carbonyl (C=O) groups is 5. The van der Waals surface area contributed by atoms with Gasteiger partial charge in [-0.25, -0.2) is 4.79 Å². The molecule has 16 nitrogen and oxygen atoms in total. The highest BCUT2D eigenvalue weighted by Gasteiger charge is 2.29. The largest absolute Gasteiger partial charge is 0.480 e. The number of unbranched alkanes of at least 4 members (excludes halogenated alkanes) is 1. The van der Waals surface area contributed by atoms with Crippen molar-refractivity contribution >= 4 is 46.5 Å². The van der Waals surface area contributed by atoms with Gasteiger partial charge in [-0.1, -0.05) is 48.5 Å². The molecule has 1 aromatic heterocycles. The number of nitrogens with one attached hydrogen (secondary N) is 5. The predicted octanol–water partition coefficient (Wildman–Crippen LogP) is -0.882. The summed E-state index contributed by atoms with van der Waals surface area (Å²) >= 11 is 0. The van der Waals surface area contributed by atoms with E-state index in [0.717, 1.165) is 22.0 Å². The number of nitrogens with two attached hydrogens (primary N) is 4. The van der Waals surface area contributed by atoms with Crippen LogP contribution >= 0.6 is 0 Å². The molecule has 0 radical (unpaired) electrons. The second-order valence-corrected chi connectivity index (χ2v) is 11.9. The summed E-state index contributed by atoms with van der Waals surface area (Å²) < 4.78 is 0. The van der Waals surface area contributed by atoms with Crippen LogP contribution in [0.1, 0.15) is 43.2 Å². The number of carbonyl (C=O) groups excluding carboxylic acids is 4. The molecule has 0 aliphatic carbocycles. The minimum Gasteiger partial charge on any atom is -0.480 e. The number of benzene rings is 2. The van der Waals surface area contributed by atoms with Gasteiger partial charge in [0, 0.05) is 30.1 Å². The van der Waals surface area contributed by atoms with Gasteiger partial charge in [-0.15, -0.1) is 0 Å². The molecule has 0 saturated heterocycles. The third kappa shape index (κ3) is 12.9. The standard InChI is InChI=1S/C34H48N10O6/c35-15-7-6-13-27(33(49)50)42-29(45)20-41-31(47)28(18-22-19-40-25-12-5-4-11-23(22)25)44-32(48)26(14-8-16-39-34(37)38)43-30(46)24(36)17-21-9-2-1-3-10-21/h1-5,9-12,19,24,26-28,40H,6-8,13-18,20,35-36H2,(H,41,47)(H,42,45)(H,43,46)(H,44,48)(H,49,50)(H4,37,38,39)/t24-,26-,27-,28-/m0/s1. The zero-order chi connectivity index (χ0) is 36.5.